The van der Waals surface area contributed by atoms with E-state index in [9.17, 15) is 14.7 Å². The number of hydrogen-bond donors (Lipinski definition) is 2. The molecule has 20 heavy (non-hydrogen) atoms. The summed E-state index contributed by atoms with van der Waals surface area (Å²) in [5.41, 5.74) is 3.24. The van der Waals surface area contributed by atoms with Crippen LogP contribution in [0.25, 0.3) is 11.1 Å². The highest BCUT2D eigenvalue weighted by molar-refractivity contribution is 5.99. The van der Waals surface area contributed by atoms with Crippen molar-refractivity contribution in [3.8, 4) is 11.1 Å². The number of carbonyl (C=O) groups is 2. The molecule has 0 unspecified atom stereocenters. The Bertz CT molecular complexity index is 702. The third-order valence-electron chi connectivity index (χ3n) is 3.18. The van der Waals surface area contributed by atoms with Gasteiger partial charge in [-0.15, -0.1) is 0 Å². The van der Waals surface area contributed by atoms with E-state index in [1.807, 2.05) is 32.0 Å². The van der Waals surface area contributed by atoms with Gasteiger partial charge in [-0.05, 0) is 48.7 Å². The van der Waals surface area contributed by atoms with Crippen molar-refractivity contribution in [3.63, 3.8) is 0 Å². The van der Waals surface area contributed by atoms with Crippen LogP contribution in [0.5, 0.6) is 0 Å². The highest BCUT2D eigenvalue weighted by Gasteiger charge is 2.16. The number of rotatable bonds is 3. The largest absolute Gasteiger partial charge is 0.478 e. The van der Waals surface area contributed by atoms with Crippen molar-refractivity contribution in [2.45, 2.75) is 13.8 Å². The van der Waals surface area contributed by atoms with Crippen LogP contribution in [0.4, 0.5) is 0 Å². The molecule has 0 atom stereocenters. The van der Waals surface area contributed by atoms with Crippen LogP contribution in [-0.2, 0) is 0 Å². The number of benzene rings is 2. The van der Waals surface area contributed by atoms with E-state index in [0.29, 0.717) is 5.56 Å². The average molecular weight is 270 g/mol. The molecule has 4 heteroatoms. The van der Waals surface area contributed by atoms with Crippen LogP contribution >= 0.6 is 0 Å². The van der Waals surface area contributed by atoms with Crippen molar-refractivity contribution in [3.05, 3.63) is 58.7 Å². The molecule has 0 aliphatic carbocycles. The van der Waals surface area contributed by atoms with E-state index in [1.165, 1.54) is 18.2 Å². The van der Waals surface area contributed by atoms with E-state index in [4.69, 9.17) is 5.11 Å². The predicted octanol–water partition coefficient (Wildman–Crippen LogP) is 3.37. The van der Waals surface area contributed by atoms with Crippen LogP contribution in [0, 0.1) is 13.8 Å². The van der Waals surface area contributed by atoms with Gasteiger partial charge in [0.1, 0.15) is 0 Å². The molecule has 0 bridgehead atoms. The van der Waals surface area contributed by atoms with Crippen molar-refractivity contribution in [1.29, 1.82) is 0 Å². The SMILES string of the molecule is Cc1ccc(C)c(-c2cc(C(=O)O)ccc2C(=O)O)c1. The Morgan fingerprint density at radius 3 is 2.15 bits per heavy atom. The fourth-order valence-electron chi connectivity index (χ4n) is 2.11. The van der Waals surface area contributed by atoms with E-state index < -0.39 is 11.9 Å². The Morgan fingerprint density at radius 2 is 1.55 bits per heavy atom. The molecular formula is C16H14O4. The number of aryl methyl sites for hydroxylation is 2. The second kappa shape index (κ2) is 5.17. The molecule has 0 radical (unpaired) electrons. The molecule has 2 aromatic carbocycles. The maximum Gasteiger partial charge on any atom is 0.336 e. The van der Waals surface area contributed by atoms with Gasteiger partial charge in [-0.25, -0.2) is 9.59 Å². The number of carboxylic acids is 2. The Hall–Kier alpha value is -2.62. The molecule has 0 spiro atoms. The zero-order chi connectivity index (χ0) is 14.9. The van der Waals surface area contributed by atoms with E-state index in [2.05, 4.69) is 0 Å². The van der Waals surface area contributed by atoms with Crippen LogP contribution < -0.4 is 0 Å². The van der Waals surface area contributed by atoms with Crippen LogP contribution in [0.1, 0.15) is 31.8 Å². The highest BCUT2D eigenvalue weighted by atomic mass is 16.4. The Morgan fingerprint density at radius 1 is 0.850 bits per heavy atom. The standard InChI is InChI=1S/C16H14O4/c1-9-3-4-10(2)13(7-9)14-8-11(15(17)18)5-6-12(14)16(19)20/h3-8H,1-2H3,(H,17,18)(H,19,20). The summed E-state index contributed by atoms with van der Waals surface area (Å²) < 4.78 is 0. The summed E-state index contributed by atoms with van der Waals surface area (Å²) >= 11 is 0. The lowest BCUT2D eigenvalue weighted by Crippen LogP contribution is -2.04. The van der Waals surface area contributed by atoms with Gasteiger partial charge in [-0.3, -0.25) is 0 Å². The van der Waals surface area contributed by atoms with Gasteiger partial charge in [0.05, 0.1) is 11.1 Å². The monoisotopic (exact) mass is 270 g/mol. The third kappa shape index (κ3) is 2.54. The van der Waals surface area contributed by atoms with Crippen molar-refractivity contribution < 1.29 is 19.8 Å². The quantitative estimate of drug-likeness (QED) is 0.896. The molecule has 2 N–H and O–H groups in total. The normalized spacial score (nSPS) is 10.3. The van der Waals surface area contributed by atoms with Crippen LogP contribution in [-0.4, -0.2) is 22.2 Å². The third-order valence-corrected chi connectivity index (χ3v) is 3.18. The summed E-state index contributed by atoms with van der Waals surface area (Å²) in [6.07, 6.45) is 0. The summed E-state index contributed by atoms with van der Waals surface area (Å²) in [5.74, 6) is -2.15. The maximum atomic E-state index is 11.3. The van der Waals surface area contributed by atoms with E-state index in [1.54, 1.807) is 0 Å². The second-order valence-electron chi connectivity index (χ2n) is 4.69. The lowest BCUT2D eigenvalue weighted by molar-refractivity contribution is 0.0682. The molecule has 0 saturated heterocycles. The molecule has 0 fully saturated rings. The Labute approximate surface area is 116 Å². The molecule has 0 aliphatic rings. The first kappa shape index (κ1) is 13.8. The van der Waals surface area contributed by atoms with Gasteiger partial charge in [-0.2, -0.15) is 0 Å². The topological polar surface area (TPSA) is 74.6 Å². The highest BCUT2D eigenvalue weighted by Crippen LogP contribution is 2.29. The fourth-order valence-corrected chi connectivity index (χ4v) is 2.11. The maximum absolute atomic E-state index is 11.3. The summed E-state index contributed by atoms with van der Waals surface area (Å²) in [6.45, 7) is 3.78. The molecule has 0 saturated carbocycles. The molecule has 2 rings (SSSR count). The predicted molar refractivity (Wildman–Crippen MR) is 75.3 cm³/mol. The van der Waals surface area contributed by atoms with Gasteiger partial charge in [0, 0.05) is 0 Å². The number of carboxylic acid groups (broad SMARTS) is 2. The Balaban J connectivity index is 2.75. The zero-order valence-corrected chi connectivity index (χ0v) is 11.2. The second-order valence-corrected chi connectivity index (χ2v) is 4.69. The molecule has 0 heterocycles. The van der Waals surface area contributed by atoms with Crippen LogP contribution in [0.3, 0.4) is 0 Å². The smallest absolute Gasteiger partial charge is 0.336 e. The van der Waals surface area contributed by atoms with Gasteiger partial charge < -0.3 is 10.2 Å². The summed E-state index contributed by atoms with van der Waals surface area (Å²) in [4.78, 5) is 22.4. The fraction of sp³-hybridized carbons (Fsp3) is 0.125. The molecule has 4 nitrogen and oxygen atoms in total. The molecule has 0 amide bonds. The van der Waals surface area contributed by atoms with Gasteiger partial charge in [0.15, 0.2) is 0 Å². The van der Waals surface area contributed by atoms with Gasteiger partial charge in [0.25, 0.3) is 0 Å². The minimum atomic E-state index is -1.08. The van der Waals surface area contributed by atoms with Crippen molar-refractivity contribution in [2.24, 2.45) is 0 Å². The zero-order valence-electron chi connectivity index (χ0n) is 11.2. The minimum Gasteiger partial charge on any atom is -0.478 e. The minimum absolute atomic E-state index is 0.0749. The van der Waals surface area contributed by atoms with E-state index >= 15 is 0 Å². The lowest BCUT2D eigenvalue weighted by Gasteiger charge is -2.11. The van der Waals surface area contributed by atoms with Gasteiger partial charge in [-0.1, -0.05) is 23.8 Å². The van der Waals surface area contributed by atoms with E-state index in [0.717, 1.165) is 16.7 Å². The lowest BCUT2D eigenvalue weighted by atomic mass is 9.93. The number of hydrogen-bond acceptors (Lipinski definition) is 2. The number of aromatic carboxylic acids is 2. The van der Waals surface area contributed by atoms with E-state index in [-0.39, 0.29) is 11.1 Å². The summed E-state index contributed by atoms with van der Waals surface area (Å²) in [6, 6.07) is 9.74. The molecule has 2 aromatic rings. The molecular weight excluding hydrogens is 256 g/mol. The molecule has 102 valence electrons. The Kier molecular flexibility index (Phi) is 3.57. The van der Waals surface area contributed by atoms with Crippen LogP contribution in [0.2, 0.25) is 0 Å². The molecule has 0 aliphatic heterocycles. The van der Waals surface area contributed by atoms with Crippen molar-refractivity contribution >= 4 is 11.9 Å². The van der Waals surface area contributed by atoms with Crippen LogP contribution in [0.15, 0.2) is 36.4 Å². The average Bonchev–Trinajstić information content (AvgIpc) is 2.40. The summed E-state index contributed by atoms with van der Waals surface area (Å²) in [5, 5.41) is 18.3. The first-order chi connectivity index (χ1) is 9.40. The van der Waals surface area contributed by atoms with Gasteiger partial charge in [0.2, 0.25) is 0 Å². The van der Waals surface area contributed by atoms with Gasteiger partial charge >= 0.3 is 11.9 Å². The molecule has 0 aromatic heterocycles. The van der Waals surface area contributed by atoms with Crippen molar-refractivity contribution in [1.82, 2.24) is 0 Å². The first-order valence-corrected chi connectivity index (χ1v) is 6.08. The summed E-state index contributed by atoms with van der Waals surface area (Å²) in [7, 11) is 0. The first-order valence-electron chi connectivity index (χ1n) is 6.08. The van der Waals surface area contributed by atoms with Crippen molar-refractivity contribution in [2.75, 3.05) is 0 Å².